The van der Waals surface area contributed by atoms with E-state index in [1.807, 2.05) is 6.92 Å². The minimum atomic E-state index is -4.26. The first-order valence-electron chi connectivity index (χ1n) is 5.38. The van der Waals surface area contributed by atoms with Crippen molar-refractivity contribution in [1.82, 2.24) is 4.98 Å². The lowest BCUT2D eigenvalue weighted by Gasteiger charge is -2.25. The summed E-state index contributed by atoms with van der Waals surface area (Å²) in [6.07, 6.45) is -3.65. The molecular formula is C11H16F3N3. The van der Waals surface area contributed by atoms with Crippen molar-refractivity contribution in [2.75, 3.05) is 23.7 Å². The molecule has 0 radical (unpaired) electrons. The predicted octanol–water partition coefficient (Wildman–Crippen LogP) is 2.75. The van der Waals surface area contributed by atoms with Crippen LogP contribution in [-0.4, -0.2) is 24.2 Å². The molecule has 1 rings (SSSR count). The lowest BCUT2D eigenvalue weighted by Crippen LogP contribution is -2.36. The van der Waals surface area contributed by atoms with Gasteiger partial charge in [-0.05, 0) is 25.5 Å². The Kier molecular flexibility index (Phi) is 4.20. The van der Waals surface area contributed by atoms with Gasteiger partial charge in [-0.15, -0.1) is 0 Å². The van der Waals surface area contributed by atoms with Crippen molar-refractivity contribution < 1.29 is 13.2 Å². The maximum atomic E-state index is 12.4. The lowest BCUT2D eigenvalue weighted by atomic mass is 10.3. The summed E-state index contributed by atoms with van der Waals surface area (Å²) < 4.78 is 37.3. The van der Waals surface area contributed by atoms with E-state index in [1.54, 1.807) is 19.1 Å². The standard InChI is InChI=1S/C11H16F3N3/c1-3-6-17(7-11(12,13)14)10-9(15)5-4-8(2)16-10/h4-5H,3,6-7,15H2,1-2H3. The number of anilines is 2. The molecule has 1 heterocycles. The molecule has 1 aromatic rings. The Bertz CT molecular complexity index is 377. The third kappa shape index (κ3) is 4.13. The quantitative estimate of drug-likeness (QED) is 0.889. The SMILES string of the molecule is CCCN(CC(F)(F)F)c1nc(C)ccc1N. The molecule has 2 N–H and O–H groups in total. The summed E-state index contributed by atoms with van der Waals surface area (Å²) in [7, 11) is 0. The zero-order chi connectivity index (χ0) is 13.1. The number of rotatable bonds is 4. The summed E-state index contributed by atoms with van der Waals surface area (Å²) in [5, 5.41) is 0. The second-order valence-electron chi connectivity index (χ2n) is 3.90. The molecular weight excluding hydrogens is 231 g/mol. The van der Waals surface area contributed by atoms with Crippen LogP contribution < -0.4 is 10.6 Å². The van der Waals surface area contributed by atoms with Gasteiger partial charge in [-0.25, -0.2) is 4.98 Å². The zero-order valence-electron chi connectivity index (χ0n) is 9.88. The van der Waals surface area contributed by atoms with E-state index in [4.69, 9.17) is 5.73 Å². The molecule has 0 saturated carbocycles. The monoisotopic (exact) mass is 247 g/mol. The maximum absolute atomic E-state index is 12.4. The van der Waals surface area contributed by atoms with Gasteiger partial charge in [-0.2, -0.15) is 13.2 Å². The van der Waals surface area contributed by atoms with Gasteiger partial charge in [0.15, 0.2) is 5.82 Å². The Morgan fingerprint density at radius 1 is 1.35 bits per heavy atom. The molecule has 0 atom stereocenters. The number of nitrogens with zero attached hydrogens (tertiary/aromatic N) is 2. The van der Waals surface area contributed by atoms with E-state index >= 15 is 0 Å². The fraction of sp³-hybridized carbons (Fsp3) is 0.545. The topological polar surface area (TPSA) is 42.2 Å². The molecule has 0 aliphatic heterocycles. The van der Waals surface area contributed by atoms with Gasteiger partial charge in [0.25, 0.3) is 0 Å². The zero-order valence-corrected chi connectivity index (χ0v) is 9.88. The van der Waals surface area contributed by atoms with Crippen LogP contribution in [0.2, 0.25) is 0 Å². The van der Waals surface area contributed by atoms with E-state index in [-0.39, 0.29) is 18.1 Å². The summed E-state index contributed by atoms with van der Waals surface area (Å²) >= 11 is 0. The molecule has 3 nitrogen and oxygen atoms in total. The second-order valence-corrected chi connectivity index (χ2v) is 3.90. The van der Waals surface area contributed by atoms with Crippen LogP contribution in [0.4, 0.5) is 24.7 Å². The summed E-state index contributed by atoms with van der Waals surface area (Å²) in [5.41, 5.74) is 6.59. The van der Waals surface area contributed by atoms with Crippen molar-refractivity contribution in [2.24, 2.45) is 0 Å². The van der Waals surface area contributed by atoms with E-state index in [0.29, 0.717) is 12.1 Å². The van der Waals surface area contributed by atoms with Gasteiger partial charge in [0.1, 0.15) is 6.54 Å². The molecule has 0 fully saturated rings. The number of pyridine rings is 1. The van der Waals surface area contributed by atoms with Crippen LogP contribution >= 0.6 is 0 Å². The number of nitrogen functional groups attached to an aromatic ring is 1. The summed E-state index contributed by atoms with van der Waals surface area (Å²) in [5.74, 6) is 0.212. The van der Waals surface area contributed by atoms with Gasteiger partial charge in [0.05, 0.1) is 5.69 Å². The number of hydrogen-bond donors (Lipinski definition) is 1. The van der Waals surface area contributed by atoms with Gasteiger partial charge < -0.3 is 10.6 Å². The van der Waals surface area contributed by atoms with Gasteiger partial charge in [0, 0.05) is 12.2 Å². The van der Waals surface area contributed by atoms with E-state index < -0.39 is 12.7 Å². The normalized spacial score (nSPS) is 11.6. The highest BCUT2D eigenvalue weighted by molar-refractivity contribution is 5.62. The number of aryl methyl sites for hydroxylation is 1. The van der Waals surface area contributed by atoms with Crippen LogP contribution in [0.3, 0.4) is 0 Å². The molecule has 0 aromatic carbocycles. The molecule has 0 unspecified atom stereocenters. The van der Waals surface area contributed by atoms with Gasteiger partial charge in [-0.1, -0.05) is 6.92 Å². The average Bonchev–Trinajstić information content (AvgIpc) is 2.19. The second kappa shape index (κ2) is 5.25. The highest BCUT2D eigenvalue weighted by atomic mass is 19.4. The molecule has 96 valence electrons. The van der Waals surface area contributed by atoms with E-state index in [9.17, 15) is 13.2 Å². The van der Waals surface area contributed by atoms with Crippen molar-refractivity contribution in [3.05, 3.63) is 17.8 Å². The smallest absolute Gasteiger partial charge is 0.396 e. The largest absolute Gasteiger partial charge is 0.405 e. The van der Waals surface area contributed by atoms with Gasteiger partial charge >= 0.3 is 6.18 Å². The predicted molar refractivity (Wildman–Crippen MR) is 61.9 cm³/mol. The Balaban J connectivity index is 3.00. The molecule has 0 saturated heterocycles. The highest BCUT2D eigenvalue weighted by Crippen LogP contribution is 2.25. The Morgan fingerprint density at radius 3 is 2.53 bits per heavy atom. The average molecular weight is 247 g/mol. The molecule has 0 bridgehead atoms. The number of halogens is 3. The number of hydrogen-bond acceptors (Lipinski definition) is 3. The summed E-state index contributed by atoms with van der Waals surface area (Å²) in [4.78, 5) is 5.25. The molecule has 0 aliphatic rings. The van der Waals surface area contributed by atoms with Crippen LogP contribution in [-0.2, 0) is 0 Å². The Labute approximate surface area is 98.4 Å². The molecule has 6 heteroatoms. The first-order chi connectivity index (χ1) is 7.83. The van der Waals surface area contributed by atoms with E-state index in [1.165, 1.54) is 4.90 Å². The molecule has 17 heavy (non-hydrogen) atoms. The molecule has 0 spiro atoms. The lowest BCUT2D eigenvalue weighted by molar-refractivity contribution is -0.119. The number of alkyl halides is 3. The maximum Gasteiger partial charge on any atom is 0.405 e. The van der Waals surface area contributed by atoms with Crippen LogP contribution in [0.5, 0.6) is 0 Å². The van der Waals surface area contributed by atoms with E-state index in [0.717, 1.165) is 0 Å². The highest BCUT2D eigenvalue weighted by Gasteiger charge is 2.31. The third-order valence-electron chi connectivity index (χ3n) is 2.21. The Hall–Kier alpha value is -1.46. The fourth-order valence-electron chi connectivity index (χ4n) is 1.55. The number of nitrogens with two attached hydrogens (primary N) is 1. The van der Waals surface area contributed by atoms with Crippen molar-refractivity contribution >= 4 is 11.5 Å². The minimum absolute atomic E-state index is 0.212. The first kappa shape index (κ1) is 13.6. The van der Waals surface area contributed by atoms with Gasteiger partial charge in [-0.3, -0.25) is 0 Å². The van der Waals surface area contributed by atoms with Crippen LogP contribution in [0.1, 0.15) is 19.0 Å². The van der Waals surface area contributed by atoms with Gasteiger partial charge in [0.2, 0.25) is 0 Å². The molecule has 0 amide bonds. The third-order valence-corrected chi connectivity index (χ3v) is 2.21. The minimum Gasteiger partial charge on any atom is -0.396 e. The fourth-order valence-corrected chi connectivity index (χ4v) is 1.55. The van der Waals surface area contributed by atoms with Crippen molar-refractivity contribution in [3.8, 4) is 0 Å². The van der Waals surface area contributed by atoms with Crippen molar-refractivity contribution in [3.63, 3.8) is 0 Å². The summed E-state index contributed by atoms with van der Waals surface area (Å²) in [6.45, 7) is 2.79. The summed E-state index contributed by atoms with van der Waals surface area (Å²) in [6, 6.07) is 3.26. The van der Waals surface area contributed by atoms with Crippen LogP contribution in [0.15, 0.2) is 12.1 Å². The van der Waals surface area contributed by atoms with Crippen LogP contribution in [0.25, 0.3) is 0 Å². The van der Waals surface area contributed by atoms with E-state index in [2.05, 4.69) is 4.98 Å². The first-order valence-corrected chi connectivity index (χ1v) is 5.38. The molecule has 0 aliphatic carbocycles. The van der Waals surface area contributed by atoms with Crippen LogP contribution in [0, 0.1) is 6.92 Å². The number of aromatic nitrogens is 1. The van der Waals surface area contributed by atoms with Crippen molar-refractivity contribution in [2.45, 2.75) is 26.4 Å². The molecule has 1 aromatic heterocycles. The van der Waals surface area contributed by atoms with Crippen molar-refractivity contribution in [1.29, 1.82) is 0 Å². The Morgan fingerprint density at radius 2 is 2.00 bits per heavy atom.